The Morgan fingerprint density at radius 2 is 2.19 bits per heavy atom. The molecule has 0 saturated carbocycles. The Morgan fingerprint density at radius 1 is 1.42 bits per heavy atom. The van der Waals surface area contributed by atoms with E-state index in [2.05, 4.69) is 24.0 Å². The summed E-state index contributed by atoms with van der Waals surface area (Å²) in [6, 6.07) is 0. The van der Waals surface area contributed by atoms with E-state index in [0.29, 0.717) is 11.2 Å². The normalized spacial score (nSPS) is 25.4. The number of nitrogen functional groups attached to an aromatic ring is 1. The Kier molecular flexibility index (Phi) is 5.18. The number of phosphoric acid groups is 1. The van der Waals surface area contributed by atoms with E-state index in [9.17, 15) is 19.4 Å². The van der Waals surface area contributed by atoms with E-state index in [1.54, 1.807) is 4.57 Å². The van der Waals surface area contributed by atoms with Gasteiger partial charge in [-0.2, -0.15) is 0 Å². The van der Waals surface area contributed by atoms with Gasteiger partial charge in [-0.25, -0.2) is 24.3 Å². The van der Waals surface area contributed by atoms with Crippen molar-refractivity contribution in [1.82, 2.24) is 19.5 Å². The molecule has 4 atom stereocenters. The van der Waals surface area contributed by atoms with Gasteiger partial charge in [0.2, 0.25) is 0 Å². The van der Waals surface area contributed by atoms with E-state index in [4.69, 9.17) is 15.6 Å². The van der Waals surface area contributed by atoms with Crippen LogP contribution in [0.4, 0.5) is 5.82 Å². The van der Waals surface area contributed by atoms with Crippen LogP contribution in [-0.2, 0) is 23.1 Å². The van der Waals surface area contributed by atoms with Crippen molar-refractivity contribution >= 4 is 30.8 Å². The Balaban J connectivity index is 1.65. The number of nitrogens with zero attached hydrogens (tertiary/aromatic N) is 4. The standard InChI is InChI=1S/C12H16N5O8P/c13-11-10-12(15-4-14-11)17(5-16-10)8-1-6(18)7(25-8)2-23-26(21,22)24-3-9(19)20/h4-8,18H,1-3H2,(H,19,20)(H,21,22)(H2,13,14,15)/t6-,7+,8+/m0/s1. The van der Waals surface area contributed by atoms with Crippen molar-refractivity contribution in [1.29, 1.82) is 0 Å². The van der Waals surface area contributed by atoms with Gasteiger partial charge in [-0.1, -0.05) is 0 Å². The maximum absolute atomic E-state index is 11.6. The molecule has 1 aliphatic rings. The number of anilines is 1. The molecule has 1 unspecified atom stereocenters. The number of aliphatic carboxylic acids is 1. The lowest BCUT2D eigenvalue weighted by molar-refractivity contribution is -0.140. The second-order valence-corrected chi connectivity index (χ2v) is 6.90. The fourth-order valence-electron chi connectivity index (χ4n) is 2.46. The number of rotatable bonds is 7. The van der Waals surface area contributed by atoms with Crippen LogP contribution < -0.4 is 5.73 Å². The highest BCUT2D eigenvalue weighted by atomic mass is 31.2. The Morgan fingerprint density at radius 3 is 2.92 bits per heavy atom. The van der Waals surface area contributed by atoms with Crippen LogP contribution >= 0.6 is 7.82 Å². The third kappa shape index (κ3) is 3.98. The maximum Gasteiger partial charge on any atom is 0.472 e. The smallest absolute Gasteiger partial charge is 0.472 e. The number of imidazole rings is 1. The van der Waals surface area contributed by atoms with Crippen LogP contribution in [0.5, 0.6) is 0 Å². The molecule has 3 heterocycles. The molecule has 2 aromatic heterocycles. The minimum atomic E-state index is -4.58. The number of hydrogen-bond donors (Lipinski definition) is 4. The molecule has 1 fully saturated rings. The fraction of sp³-hybridized carbons (Fsp3) is 0.500. The largest absolute Gasteiger partial charge is 0.480 e. The van der Waals surface area contributed by atoms with Gasteiger partial charge >= 0.3 is 13.8 Å². The third-order valence-corrected chi connectivity index (χ3v) is 4.59. The first kappa shape index (κ1) is 18.6. The van der Waals surface area contributed by atoms with E-state index in [1.165, 1.54) is 12.7 Å². The highest BCUT2D eigenvalue weighted by molar-refractivity contribution is 7.47. The lowest BCUT2D eigenvalue weighted by Gasteiger charge is -2.17. The van der Waals surface area contributed by atoms with Gasteiger partial charge in [0, 0.05) is 6.42 Å². The zero-order chi connectivity index (χ0) is 18.9. The van der Waals surface area contributed by atoms with Crippen molar-refractivity contribution in [3.63, 3.8) is 0 Å². The SMILES string of the molecule is Nc1ncnc2c1ncn2[C@H]1C[C@H](O)[C@@H](COP(=O)(O)OCC(=O)O)O1. The lowest BCUT2D eigenvalue weighted by atomic mass is 10.2. The first-order valence-electron chi connectivity index (χ1n) is 7.37. The Labute approximate surface area is 146 Å². The van der Waals surface area contributed by atoms with Crippen molar-refractivity contribution < 1.29 is 38.3 Å². The van der Waals surface area contributed by atoms with Gasteiger partial charge in [0.1, 0.15) is 24.2 Å². The number of carbonyl (C=O) groups is 1. The number of fused-ring (bicyclic) bond motifs is 1. The van der Waals surface area contributed by atoms with Crippen molar-refractivity contribution in [2.75, 3.05) is 18.9 Å². The molecule has 14 heteroatoms. The van der Waals surface area contributed by atoms with Crippen LogP contribution in [0.3, 0.4) is 0 Å². The van der Waals surface area contributed by atoms with Crippen molar-refractivity contribution in [3.05, 3.63) is 12.7 Å². The number of aromatic nitrogens is 4. The van der Waals surface area contributed by atoms with E-state index in [1.807, 2.05) is 0 Å². The molecule has 0 bridgehead atoms. The quantitative estimate of drug-likeness (QED) is 0.435. The van der Waals surface area contributed by atoms with E-state index in [0.717, 1.165) is 0 Å². The minimum Gasteiger partial charge on any atom is -0.480 e. The molecular formula is C12H16N5O8P. The molecule has 0 aliphatic carbocycles. The number of ether oxygens (including phenoxy) is 1. The van der Waals surface area contributed by atoms with E-state index < -0.39 is 45.4 Å². The number of phosphoric ester groups is 1. The predicted octanol–water partition coefficient (Wildman–Crippen LogP) is -0.725. The van der Waals surface area contributed by atoms with Gasteiger partial charge in [0.05, 0.1) is 19.0 Å². The predicted molar refractivity (Wildman–Crippen MR) is 83.6 cm³/mol. The monoisotopic (exact) mass is 389 g/mol. The molecule has 2 aromatic rings. The third-order valence-electron chi connectivity index (χ3n) is 3.65. The van der Waals surface area contributed by atoms with E-state index >= 15 is 0 Å². The molecule has 0 radical (unpaired) electrons. The van der Waals surface area contributed by atoms with Crippen molar-refractivity contribution in [3.8, 4) is 0 Å². The van der Waals surface area contributed by atoms with E-state index in [-0.39, 0.29) is 12.2 Å². The second kappa shape index (κ2) is 7.23. The number of aliphatic hydroxyl groups is 1. The van der Waals surface area contributed by atoms with Gasteiger partial charge in [-0.15, -0.1) is 0 Å². The molecule has 1 aliphatic heterocycles. The Bertz CT molecular complexity index is 859. The summed E-state index contributed by atoms with van der Waals surface area (Å²) in [5.74, 6) is -1.22. The summed E-state index contributed by atoms with van der Waals surface area (Å²) in [6.45, 7) is -1.47. The summed E-state index contributed by atoms with van der Waals surface area (Å²) in [7, 11) is -4.58. The number of carboxylic acid groups (broad SMARTS) is 1. The van der Waals surface area contributed by atoms with Gasteiger partial charge < -0.3 is 25.6 Å². The lowest BCUT2D eigenvalue weighted by Crippen LogP contribution is -2.26. The molecular weight excluding hydrogens is 373 g/mol. The number of carboxylic acids is 1. The second-order valence-electron chi connectivity index (χ2n) is 5.45. The van der Waals surface area contributed by atoms with Crippen LogP contribution in [0.2, 0.25) is 0 Å². The highest BCUT2D eigenvalue weighted by Gasteiger charge is 2.38. The van der Waals surface area contributed by atoms with Gasteiger partial charge in [0.15, 0.2) is 18.1 Å². The zero-order valence-corrected chi connectivity index (χ0v) is 14.1. The van der Waals surface area contributed by atoms with Gasteiger partial charge in [-0.05, 0) is 0 Å². The van der Waals surface area contributed by atoms with Crippen molar-refractivity contribution in [2.24, 2.45) is 0 Å². The summed E-state index contributed by atoms with van der Waals surface area (Å²) in [5, 5.41) is 18.5. The van der Waals surface area contributed by atoms with Crippen LogP contribution in [-0.4, -0.2) is 66.0 Å². The molecule has 0 aromatic carbocycles. The van der Waals surface area contributed by atoms with Crippen LogP contribution in [0, 0.1) is 0 Å². The summed E-state index contributed by atoms with van der Waals surface area (Å²) in [5.41, 5.74) is 6.51. The summed E-state index contributed by atoms with van der Waals surface area (Å²) in [6.07, 6.45) is 0.250. The first-order chi connectivity index (χ1) is 12.3. The van der Waals surface area contributed by atoms with Crippen molar-refractivity contribution in [2.45, 2.75) is 24.9 Å². The molecule has 0 spiro atoms. The molecule has 0 amide bonds. The average molecular weight is 389 g/mol. The summed E-state index contributed by atoms with van der Waals surface area (Å²) in [4.78, 5) is 31.8. The molecule has 13 nitrogen and oxygen atoms in total. The summed E-state index contributed by atoms with van der Waals surface area (Å²) >= 11 is 0. The average Bonchev–Trinajstić information content (AvgIpc) is 3.16. The number of nitrogens with two attached hydrogens (primary N) is 1. The molecule has 1 saturated heterocycles. The van der Waals surface area contributed by atoms with Gasteiger partial charge in [-0.3, -0.25) is 13.6 Å². The van der Waals surface area contributed by atoms with Gasteiger partial charge in [0.25, 0.3) is 0 Å². The zero-order valence-electron chi connectivity index (χ0n) is 13.2. The van der Waals surface area contributed by atoms with Crippen LogP contribution in [0.1, 0.15) is 12.6 Å². The highest BCUT2D eigenvalue weighted by Crippen LogP contribution is 2.44. The number of hydrogen-bond acceptors (Lipinski definition) is 10. The molecule has 26 heavy (non-hydrogen) atoms. The molecule has 3 rings (SSSR count). The fourth-order valence-corrected chi connectivity index (χ4v) is 3.14. The summed E-state index contributed by atoms with van der Waals surface area (Å²) < 4.78 is 27.7. The Hall–Kier alpha value is -2.15. The first-order valence-corrected chi connectivity index (χ1v) is 8.86. The molecule has 5 N–H and O–H groups in total. The topological polar surface area (TPSA) is 192 Å². The molecule has 142 valence electrons. The maximum atomic E-state index is 11.6. The van der Waals surface area contributed by atoms with Crippen LogP contribution in [0.15, 0.2) is 12.7 Å². The minimum absolute atomic E-state index is 0.148. The number of aliphatic hydroxyl groups excluding tert-OH is 1. The van der Waals surface area contributed by atoms with Crippen LogP contribution in [0.25, 0.3) is 11.2 Å².